The number of hydrogen-bond donors (Lipinski definition) is 1. The topological polar surface area (TPSA) is 42.2 Å². The summed E-state index contributed by atoms with van der Waals surface area (Å²) in [5.41, 5.74) is 0. The Morgan fingerprint density at radius 1 is 1.62 bits per heavy atom. The standard InChI is InChI=1S/C12H17NO2S/c1-9-4-5-11(15-9)6-7-12(14)13-8-10(2)16-3/h4-7,10H,8H2,1-3H3,(H,13,14)/b7-6+. The number of furan rings is 1. The SMILES string of the molecule is CSC(C)CNC(=O)/C=C/c1ccc(C)o1. The molecule has 16 heavy (non-hydrogen) atoms. The van der Waals surface area contributed by atoms with Gasteiger partial charge in [-0.15, -0.1) is 0 Å². The molecule has 0 radical (unpaired) electrons. The number of thioether (sulfide) groups is 1. The molecule has 0 aliphatic carbocycles. The largest absolute Gasteiger partial charge is 0.462 e. The minimum Gasteiger partial charge on any atom is -0.462 e. The fraction of sp³-hybridized carbons (Fsp3) is 0.417. The quantitative estimate of drug-likeness (QED) is 0.803. The van der Waals surface area contributed by atoms with Crippen LogP contribution in [0, 0.1) is 6.92 Å². The van der Waals surface area contributed by atoms with E-state index in [9.17, 15) is 4.79 Å². The van der Waals surface area contributed by atoms with Crippen LogP contribution in [0.1, 0.15) is 18.4 Å². The number of carbonyl (C=O) groups is 1. The maximum atomic E-state index is 11.4. The van der Waals surface area contributed by atoms with Gasteiger partial charge in [-0.2, -0.15) is 11.8 Å². The van der Waals surface area contributed by atoms with Crippen LogP contribution in [0.25, 0.3) is 6.08 Å². The van der Waals surface area contributed by atoms with Crippen molar-refractivity contribution in [3.8, 4) is 0 Å². The molecule has 0 saturated heterocycles. The summed E-state index contributed by atoms with van der Waals surface area (Å²) < 4.78 is 5.31. The van der Waals surface area contributed by atoms with E-state index in [1.807, 2.05) is 25.3 Å². The molecule has 1 N–H and O–H groups in total. The van der Waals surface area contributed by atoms with Crippen molar-refractivity contribution in [2.75, 3.05) is 12.8 Å². The average molecular weight is 239 g/mol. The number of hydrogen-bond acceptors (Lipinski definition) is 3. The Hall–Kier alpha value is -1.16. The van der Waals surface area contributed by atoms with Crippen molar-refractivity contribution in [3.05, 3.63) is 29.7 Å². The lowest BCUT2D eigenvalue weighted by Gasteiger charge is -2.07. The van der Waals surface area contributed by atoms with Gasteiger partial charge in [0.2, 0.25) is 5.91 Å². The van der Waals surface area contributed by atoms with E-state index < -0.39 is 0 Å². The summed E-state index contributed by atoms with van der Waals surface area (Å²) in [5.74, 6) is 1.46. The number of nitrogens with one attached hydrogen (secondary N) is 1. The smallest absolute Gasteiger partial charge is 0.244 e. The van der Waals surface area contributed by atoms with Crippen molar-refractivity contribution in [2.24, 2.45) is 0 Å². The number of carbonyl (C=O) groups excluding carboxylic acids is 1. The summed E-state index contributed by atoms with van der Waals surface area (Å²) >= 11 is 1.73. The van der Waals surface area contributed by atoms with E-state index in [1.54, 1.807) is 17.8 Å². The maximum absolute atomic E-state index is 11.4. The summed E-state index contributed by atoms with van der Waals surface area (Å²) in [7, 11) is 0. The lowest BCUT2D eigenvalue weighted by atomic mass is 10.3. The Balaban J connectivity index is 2.36. The molecule has 0 fully saturated rings. The zero-order chi connectivity index (χ0) is 12.0. The van der Waals surface area contributed by atoms with Gasteiger partial charge in [0.15, 0.2) is 0 Å². The predicted octanol–water partition coefficient (Wildman–Crippen LogP) is 2.47. The molecule has 0 saturated carbocycles. The summed E-state index contributed by atoms with van der Waals surface area (Å²) in [6.07, 6.45) is 5.19. The van der Waals surface area contributed by atoms with Crippen LogP contribution in [0.5, 0.6) is 0 Å². The van der Waals surface area contributed by atoms with E-state index in [1.165, 1.54) is 6.08 Å². The molecule has 0 aromatic carbocycles. The van der Waals surface area contributed by atoms with Gasteiger partial charge in [-0.05, 0) is 31.4 Å². The van der Waals surface area contributed by atoms with Crippen molar-refractivity contribution in [1.29, 1.82) is 0 Å². The van der Waals surface area contributed by atoms with Gasteiger partial charge in [0, 0.05) is 17.9 Å². The molecule has 1 amide bonds. The molecular weight excluding hydrogens is 222 g/mol. The molecule has 1 atom stereocenters. The van der Waals surface area contributed by atoms with Gasteiger partial charge >= 0.3 is 0 Å². The predicted molar refractivity (Wildman–Crippen MR) is 68.5 cm³/mol. The lowest BCUT2D eigenvalue weighted by molar-refractivity contribution is -0.116. The molecule has 0 spiro atoms. The highest BCUT2D eigenvalue weighted by Gasteiger charge is 2.01. The van der Waals surface area contributed by atoms with Crippen LogP contribution in [0.3, 0.4) is 0 Å². The first-order chi connectivity index (χ1) is 7.61. The van der Waals surface area contributed by atoms with Gasteiger partial charge in [0.05, 0.1) is 0 Å². The van der Waals surface area contributed by atoms with Gasteiger partial charge in [0.1, 0.15) is 11.5 Å². The third-order valence-electron chi connectivity index (χ3n) is 2.13. The number of amides is 1. The molecule has 1 aromatic rings. The molecule has 1 aromatic heterocycles. The van der Waals surface area contributed by atoms with Gasteiger partial charge < -0.3 is 9.73 Å². The van der Waals surface area contributed by atoms with Crippen LogP contribution in [-0.4, -0.2) is 24.0 Å². The number of aryl methyl sites for hydroxylation is 1. The molecule has 0 bridgehead atoms. The zero-order valence-corrected chi connectivity index (χ0v) is 10.6. The van der Waals surface area contributed by atoms with E-state index in [4.69, 9.17) is 4.42 Å². The first-order valence-corrected chi connectivity index (χ1v) is 6.45. The lowest BCUT2D eigenvalue weighted by Crippen LogP contribution is -2.27. The Morgan fingerprint density at radius 3 is 2.94 bits per heavy atom. The second kappa shape index (κ2) is 6.43. The van der Waals surface area contributed by atoms with E-state index in [2.05, 4.69) is 12.2 Å². The molecule has 0 aliphatic heterocycles. The van der Waals surface area contributed by atoms with Gasteiger partial charge in [-0.25, -0.2) is 0 Å². The summed E-state index contributed by atoms with van der Waals surface area (Å²) in [5, 5.41) is 3.26. The maximum Gasteiger partial charge on any atom is 0.244 e. The average Bonchev–Trinajstić information content (AvgIpc) is 2.69. The van der Waals surface area contributed by atoms with E-state index in [0.717, 1.165) is 5.76 Å². The molecule has 1 heterocycles. The second-order valence-corrected chi connectivity index (χ2v) is 4.85. The first kappa shape index (κ1) is 12.9. The van der Waals surface area contributed by atoms with Crippen molar-refractivity contribution in [3.63, 3.8) is 0 Å². The molecule has 3 nitrogen and oxygen atoms in total. The second-order valence-electron chi connectivity index (χ2n) is 3.57. The Labute approximate surface area is 100 Å². The molecule has 0 aliphatic rings. The van der Waals surface area contributed by atoms with Crippen LogP contribution in [0.2, 0.25) is 0 Å². The van der Waals surface area contributed by atoms with Crippen molar-refractivity contribution < 1.29 is 9.21 Å². The van der Waals surface area contributed by atoms with E-state index in [0.29, 0.717) is 17.6 Å². The molecule has 4 heteroatoms. The Morgan fingerprint density at radius 2 is 2.38 bits per heavy atom. The third kappa shape index (κ3) is 4.57. The van der Waals surface area contributed by atoms with Crippen LogP contribution in [0.4, 0.5) is 0 Å². The van der Waals surface area contributed by atoms with E-state index >= 15 is 0 Å². The van der Waals surface area contributed by atoms with Gasteiger partial charge in [-0.1, -0.05) is 6.92 Å². The van der Waals surface area contributed by atoms with Gasteiger partial charge in [0.25, 0.3) is 0 Å². The highest BCUT2D eigenvalue weighted by atomic mass is 32.2. The fourth-order valence-electron chi connectivity index (χ4n) is 1.09. The zero-order valence-electron chi connectivity index (χ0n) is 9.82. The van der Waals surface area contributed by atoms with Gasteiger partial charge in [-0.3, -0.25) is 4.79 Å². The highest BCUT2D eigenvalue weighted by molar-refractivity contribution is 7.99. The Bertz CT molecular complexity index is 371. The molecule has 1 unspecified atom stereocenters. The highest BCUT2D eigenvalue weighted by Crippen LogP contribution is 2.07. The molecule has 1 rings (SSSR count). The van der Waals surface area contributed by atoms with Crippen molar-refractivity contribution in [2.45, 2.75) is 19.1 Å². The first-order valence-electron chi connectivity index (χ1n) is 5.17. The fourth-order valence-corrected chi connectivity index (χ4v) is 1.34. The Kier molecular flexibility index (Phi) is 5.19. The van der Waals surface area contributed by atoms with Crippen LogP contribution in [-0.2, 0) is 4.79 Å². The summed E-state index contributed by atoms with van der Waals surface area (Å²) in [6, 6.07) is 3.71. The molecular formula is C12H17NO2S. The minimum absolute atomic E-state index is 0.0880. The van der Waals surface area contributed by atoms with Crippen LogP contribution >= 0.6 is 11.8 Å². The van der Waals surface area contributed by atoms with E-state index in [-0.39, 0.29) is 5.91 Å². The minimum atomic E-state index is -0.0880. The van der Waals surface area contributed by atoms with Crippen LogP contribution < -0.4 is 5.32 Å². The normalized spacial score (nSPS) is 12.9. The monoisotopic (exact) mass is 239 g/mol. The van der Waals surface area contributed by atoms with Crippen molar-refractivity contribution in [1.82, 2.24) is 5.32 Å². The summed E-state index contributed by atoms with van der Waals surface area (Å²) in [6.45, 7) is 4.63. The molecule has 88 valence electrons. The van der Waals surface area contributed by atoms with Crippen molar-refractivity contribution >= 4 is 23.7 Å². The summed E-state index contributed by atoms with van der Waals surface area (Å²) in [4.78, 5) is 11.4. The number of rotatable bonds is 5. The van der Waals surface area contributed by atoms with Crippen LogP contribution in [0.15, 0.2) is 22.6 Å². The third-order valence-corrected chi connectivity index (χ3v) is 3.10.